The van der Waals surface area contributed by atoms with Gasteiger partial charge in [0.1, 0.15) is 0 Å². The average Bonchev–Trinajstić information content (AvgIpc) is 3.12. The highest BCUT2D eigenvalue weighted by Gasteiger charge is 2.43. The lowest BCUT2D eigenvalue weighted by molar-refractivity contribution is -0.128. The molecule has 1 fully saturated rings. The van der Waals surface area contributed by atoms with Gasteiger partial charge >= 0.3 is 0 Å². The Morgan fingerprint density at radius 3 is 2.85 bits per heavy atom. The molecule has 0 heterocycles. The Morgan fingerprint density at radius 2 is 2.15 bits per heavy atom. The smallest absolute Gasteiger partial charge is 0.222 e. The monoisotopic (exact) mass is 375 g/mol. The van der Waals surface area contributed by atoms with Crippen molar-refractivity contribution in [2.45, 2.75) is 84.2 Å². The van der Waals surface area contributed by atoms with E-state index in [0.717, 1.165) is 38.5 Å². The standard InChI is InChI=1S/C24H41NO2/c1-5-10-18(2)11-6-8-13-21-22-16-19(15-20(22)17-23(21)26)12-7-9-14-24(27)25(3)4/h6,11,15,18,20-23,26H,5,7-10,12-14,16-17H2,1-4H3/t18?,20-,21+,22-,23+/m0/s1. The van der Waals surface area contributed by atoms with E-state index in [1.807, 2.05) is 14.1 Å². The van der Waals surface area contributed by atoms with E-state index in [4.69, 9.17) is 0 Å². The number of rotatable bonds is 11. The number of carbonyl (C=O) groups excluding carboxylic acids is 1. The first-order chi connectivity index (χ1) is 12.9. The summed E-state index contributed by atoms with van der Waals surface area (Å²) in [7, 11) is 3.66. The summed E-state index contributed by atoms with van der Waals surface area (Å²) in [6.07, 6.45) is 17.8. The third-order valence-electron chi connectivity index (χ3n) is 6.57. The Hall–Kier alpha value is -1.09. The van der Waals surface area contributed by atoms with Gasteiger partial charge in [0.2, 0.25) is 5.91 Å². The maximum atomic E-state index is 11.7. The number of unbranched alkanes of at least 4 members (excludes halogenated alkanes) is 1. The zero-order chi connectivity index (χ0) is 19.8. The molecule has 1 N–H and O–H groups in total. The van der Waals surface area contributed by atoms with E-state index in [-0.39, 0.29) is 12.0 Å². The number of fused-ring (bicyclic) bond motifs is 1. The van der Waals surface area contributed by atoms with Crippen molar-refractivity contribution in [1.29, 1.82) is 0 Å². The van der Waals surface area contributed by atoms with Crippen LogP contribution in [0.4, 0.5) is 0 Å². The SMILES string of the molecule is CCCC(C)C=CCC[C@@H]1[C@H]2CC(CCCCC(=O)N(C)C)=C[C@H]2C[C@H]1O. The van der Waals surface area contributed by atoms with Gasteiger partial charge in [0.25, 0.3) is 0 Å². The number of aliphatic hydroxyl groups excluding tert-OH is 1. The van der Waals surface area contributed by atoms with Crippen LogP contribution in [0.5, 0.6) is 0 Å². The average molecular weight is 376 g/mol. The van der Waals surface area contributed by atoms with E-state index in [1.54, 1.807) is 10.5 Å². The highest BCUT2D eigenvalue weighted by atomic mass is 16.3. The van der Waals surface area contributed by atoms with E-state index >= 15 is 0 Å². The zero-order valence-corrected chi connectivity index (χ0v) is 18.0. The molecule has 1 amide bonds. The molecule has 1 unspecified atom stereocenters. The van der Waals surface area contributed by atoms with Crippen molar-refractivity contribution >= 4 is 5.91 Å². The van der Waals surface area contributed by atoms with Crippen molar-refractivity contribution in [1.82, 2.24) is 4.90 Å². The van der Waals surface area contributed by atoms with E-state index in [2.05, 4.69) is 32.1 Å². The minimum absolute atomic E-state index is 0.114. The van der Waals surface area contributed by atoms with Gasteiger partial charge in [-0.25, -0.2) is 0 Å². The minimum atomic E-state index is -0.114. The molecule has 0 bridgehead atoms. The minimum Gasteiger partial charge on any atom is -0.393 e. The zero-order valence-electron chi connectivity index (χ0n) is 18.0. The molecule has 0 saturated heterocycles. The Morgan fingerprint density at radius 1 is 1.37 bits per heavy atom. The van der Waals surface area contributed by atoms with E-state index < -0.39 is 0 Å². The third kappa shape index (κ3) is 6.78. The van der Waals surface area contributed by atoms with Gasteiger partial charge in [-0.05, 0) is 75.0 Å². The summed E-state index contributed by atoms with van der Waals surface area (Å²) in [5.74, 6) is 2.61. The number of hydrogen-bond acceptors (Lipinski definition) is 2. The van der Waals surface area contributed by atoms with Crippen LogP contribution in [0.25, 0.3) is 0 Å². The summed E-state index contributed by atoms with van der Waals surface area (Å²) in [4.78, 5) is 13.3. The maximum Gasteiger partial charge on any atom is 0.222 e. The molecule has 3 heteroatoms. The van der Waals surface area contributed by atoms with Crippen LogP contribution in [0.1, 0.15) is 78.1 Å². The number of hydrogen-bond donors (Lipinski definition) is 1. The Kier molecular flexibility index (Phi) is 9.08. The van der Waals surface area contributed by atoms with Crippen molar-refractivity contribution in [2.75, 3.05) is 14.1 Å². The van der Waals surface area contributed by atoms with Crippen LogP contribution in [0.3, 0.4) is 0 Å². The summed E-state index contributed by atoms with van der Waals surface area (Å²) in [6.45, 7) is 4.53. The predicted molar refractivity (Wildman–Crippen MR) is 113 cm³/mol. The number of aliphatic hydroxyl groups is 1. The highest BCUT2D eigenvalue weighted by molar-refractivity contribution is 5.75. The molecule has 27 heavy (non-hydrogen) atoms. The van der Waals surface area contributed by atoms with Gasteiger partial charge in [0.05, 0.1) is 6.10 Å². The largest absolute Gasteiger partial charge is 0.393 e. The lowest BCUT2D eigenvalue weighted by Crippen LogP contribution is -2.21. The predicted octanol–water partition coefficient (Wildman–Crippen LogP) is 5.35. The van der Waals surface area contributed by atoms with Crippen molar-refractivity contribution in [3.8, 4) is 0 Å². The fourth-order valence-electron chi connectivity index (χ4n) is 5.01. The van der Waals surface area contributed by atoms with E-state index in [1.165, 1.54) is 19.3 Å². The first kappa shape index (κ1) is 22.2. The van der Waals surface area contributed by atoms with Crippen LogP contribution >= 0.6 is 0 Å². The second-order valence-corrected chi connectivity index (χ2v) is 9.09. The van der Waals surface area contributed by atoms with Crippen molar-refractivity contribution < 1.29 is 9.90 Å². The molecule has 0 aromatic heterocycles. The molecule has 1 saturated carbocycles. The molecule has 3 nitrogen and oxygen atoms in total. The van der Waals surface area contributed by atoms with E-state index in [9.17, 15) is 9.90 Å². The van der Waals surface area contributed by atoms with Crippen molar-refractivity contribution in [2.24, 2.45) is 23.7 Å². The molecule has 2 aliphatic carbocycles. The Labute approximate surface area is 166 Å². The van der Waals surface area contributed by atoms with Gasteiger partial charge < -0.3 is 10.0 Å². The van der Waals surface area contributed by atoms with E-state index in [0.29, 0.717) is 30.1 Å². The summed E-state index contributed by atoms with van der Waals surface area (Å²) < 4.78 is 0. The van der Waals surface area contributed by atoms with Crippen LogP contribution in [0.15, 0.2) is 23.8 Å². The van der Waals surface area contributed by atoms with Crippen LogP contribution in [0, 0.1) is 23.7 Å². The molecular formula is C24H41NO2. The van der Waals surface area contributed by atoms with Crippen molar-refractivity contribution in [3.63, 3.8) is 0 Å². The fourth-order valence-corrected chi connectivity index (χ4v) is 5.01. The summed E-state index contributed by atoms with van der Waals surface area (Å²) in [5, 5.41) is 10.5. The molecule has 2 rings (SSSR count). The maximum absolute atomic E-state index is 11.7. The molecule has 0 aliphatic heterocycles. The molecule has 2 aliphatic rings. The molecule has 0 spiro atoms. The number of nitrogens with zero attached hydrogens (tertiary/aromatic N) is 1. The fraction of sp³-hybridized carbons (Fsp3) is 0.792. The first-order valence-electron chi connectivity index (χ1n) is 11.2. The Balaban J connectivity index is 1.71. The number of allylic oxidation sites excluding steroid dienone is 4. The molecule has 0 radical (unpaired) electrons. The Bertz CT molecular complexity index is 522. The molecule has 154 valence electrons. The van der Waals surface area contributed by atoms with Gasteiger partial charge in [-0.3, -0.25) is 4.79 Å². The van der Waals surface area contributed by atoms with Gasteiger partial charge in [-0.1, -0.05) is 44.1 Å². The summed E-state index contributed by atoms with van der Waals surface area (Å²) in [5.41, 5.74) is 1.58. The van der Waals surface area contributed by atoms with Crippen LogP contribution in [-0.4, -0.2) is 36.1 Å². The second kappa shape index (κ2) is 11.0. The quantitative estimate of drug-likeness (QED) is 0.390. The third-order valence-corrected chi connectivity index (χ3v) is 6.57. The lowest BCUT2D eigenvalue weighted by atomic mass is 9.86. The van der Waals surface area contributed by atoms with Gasteiger partial charge in [-0.15, -0.1) is 0 Å². The number of carbonyl (C=O) groups is 1. The number of amides is 1. The highest BCUT2D eigenvalue weighted by Crippen LogP contribution is 2.49. The molecular weight excluding hydrogens is 334 g/mol. The molecule has 0 aromatic carbocycles. The second-order valence-electron chi connectivity index (χ2n) is 9.09. The van der Waals surface area contributed by atoms with Gasteiger partial charge in [-0.2, -0.15) is 0 Å². The summed E-state index contributed by atoms with van der Waals surface area (Å²) in [6, 6.07) is 0. The van der Waals surface area contributed by atoms with Gasteiger partial charge in [0.15, 0.2) is 0 Å². The summed E-state index contributed by atoms with van der Waals surface area (Å²) >= 11 is 0. The topological polar surface area (TPSA) is 40.5 Å². The van der Waals surface area contributed by atoms with Gasteiger partial charge in [0, 0.05) is 20.5 Å². The lowest BCUT2D eigenvalue weighted by Gasteiger charge is -2.21. The van der Waals surface area contributed by atoms with Crippen LogP contribution in [0.2, 0.25) is 0 Å². The normalized spacial score (nSPS) is 28.4. The first-order valence-corrected chi connectivity index (χ1v) is 11.2. The molecule has 5 atom stereocenters. The van der Waals surface area contributed by atoms with Crippen molar-refractivity contribution in [3.05, 3.63) is 23.8 Å². The molecule has 0 aromatic rings. The van der Waals surface area contributed by atoms with Crippen LogP contribution in [-0.2, 0) is 4.79 Å². The van der Waals surface area contributed by atoms with Crippen LogP contribution < -0.4 is 0 Å².